The molecule has 158 valence electrons. The zero-order chi connectivity index (χ0) is 20.9. The lowest BCUT2D eigenvalue weighted by Gasteiger charge is -2.44. The van der Waals surface area contributed by atoms with Crippen LogP contribution in [0.3, 0.4) is 0 Å². The van der Waals surface area contributed by atoms with E-state index in [1.54, 1.807) is 0 Å². The second-order valence-corrected chi connectivity index (χ2v) is 6.67. The van der Waals surface area contributed by atoms with E-state index < -0.39 is 0 Å². The van der Waals surface area contributed by atoms with Crippen LogP contribution in [-0.2, 0) is 25.6 Å². The summed E-state index contributed by atoms with van der Waals surface area (Å²) in [5.41, 5.74) is 1.22. The van der Waals surface area contributed by atoms with Crippen molar-refractivity contribution in [3.63, 3.8) is 0 Å². The zero-order valence-corrected chi connectivity index (χ0v) is 18.0. The summed E-state index contributed by atoms with van der Waals surface area (Å²) in [5.74, 6) is -0.387. The highest BCUT2D eigenvalue weighted by atomic mass is 16.5. The van der Waals surface area contributed by atoms with E-state index in [4.69, 9.17) is 9.47 Å². The molecule has 0 saturated carbocycles. The Hall–Kier alpha value is -1.92. The smallest absolute Gasteiger partial charge is 0.307 e. The lowest BCUT2D eigenvalue weighted by Crippen LogP contribution is -2.57. The number of rotatable bonds is 8. The van der Waals surface area contributed by atoms with Crippen LogP contribution in [0.5, 0.6) is 0 Å². The van der Waals surface area contributed by atoms with E-state index in [2.05, 4.69) is 21.9 Å². The molecule has 0 amide bonds. The molecule has 6 nitrogen and oxygen atoms in total. The van der Waals surface area contributed by atoms with Crippen LogP contribution in [0.2, 0.25) is 0 Å². The van der Waals surface area contributed by atoms with Gasteiger partial charge in [-0.2, -0.15) is 0 Å². The van der Waals surface area contributed by atoms with Crippen molar-refractivity contribution >= 4 is 11.9 Å². The van der Waals surface area contributed by atoms with Gasteiger partial charge in [-0.05, 0) is 26.5 Å². The first-order valence-corrected chi connectivity index (χ1v) is 10.3. The summed E-state index contributed by atoms with van der Waals surface area (Å²) in [7, 11) is 1.98. The Labute approximate surface area is 169 Å². The van der Waals surface area contributed by atoms with E-state index in [1.807, 2.05) is 52.9 Å². The highest BCUT2D eigenvalue weighted by Gasteiger charge is 2.34. The Morgan fingerprint density at radius 1 is 0.929 bits per heavy atom. The minimum absolute atomic E-state index is 0.0194. The molecule has 1 aromatic rings. The van der Waals surface area contributed by atoms with Gasteiger partial charge in [0.2, 0.25) is 0 Å². The molecule has 0 aliphatic carbocycles. The molecule has 1 aliphatic rings. The van der Waals surface area contributed by atoms with Crippen molar-refractivity contribution in [3.05, 3.63) is 35.9 Å². The Morgan fingerprint density at radius 2 is 1.39 bits per heavy atom. The summed E-state index contributed by atoms with van der Waals surface area (Å²) in [6, 6.07) is 10.3. The van der Waals surface area contributed by atoms with Crippen LogP contribution in [-0.4, -0.2) is 67.2 Å². The molecule has 0 bridgehead atoms. The van der Waals surface area contributed by atoms with Gasteiger partial charge in [-0.3, -0.25) is 19.4 Å². The Balaban J connectivity index is 0.00000190. The first kappa shape index (κ1) is 24.1. The molecule has 0 spiro atoms. The molecular weight excluding hydrogens is 356 g/mol. The molecular formula is C22H36N2O4. The predicted molar refractivity (Wildman–Crippen MR) is 111 cm³/mol. The fourth-order valence-electron chi connectivity index (χ4n) is 3.44. The number of hydrogen-bond acceptors (Lipinski definition) is 6. The van der Waals surface area contributed by atoms with Crippen LogP contribution < -0.4 is 0 Å². The summed E-state index contributed by atoms with van der Waals surface area (Å²) >= 11 is 0. The van der Waals surface area contributed by atoms with Crippen molar-refractivity contribution in [2.45, 2.75) is 59.2 Å². The van der Waals surface area contributed by atoms with E-state index in [9.17, 15) is 9.59 Å². The van der Waals surface area contributed by atoms with Crippen molar-refractivity contribution < 1.29 is 19.1 Å². The van der Waals surface area contributed by atoms with Crippen LogP contribution in [0.25, 0.3) is 0 Å². The number of esters is 2. The molecule has 0 radical (unpaired) electrons. The largest absolute Gasteiger partial charge is 0.466 e. The molecule has 6 heteroatoms. The number of piperazine rings is 1. The van der Waals surface area contributed by atoms with Gasteiger partial charge in [0.25, 0.3) is 0 Å². The van der Waals surface area contributed by atoms with Gasteiger partial charge >= 0.3 is 11.9 Å². The zero-order valence-electron chi connectivity index (χ0n) is 18.0. The molecule has 2 atom stereocenters. The standard InChI is InChI=1S/C20H30N2O4.C2H6/c1-4-25-19(23)11-17-14-22(13-16-9-7-6-8-10-16)15-18(21(17)3)12-20(24)26-5-2;1-2/h6-10,17-18H,4-5,11-15H2,1-3H3;1-2H3. The number of nitrogens with zero attached hydrogens (tertiary/aromatic N) is 2. The summed E-state index contributed by atoms with van der Waals surface area (Å²) < 4.78 is 10.3. The van der Waals surface area contributed by atoms with Crippen LogP contribution in [0.1, 0.15) is 46.1 Å². The lowest BCUT2D eigenvalue weighted by molar-refractivity contribution is -0.147. The van der Waals surface area contributed by atoms with Gasteiger partial charge in [-0.1, -0.05) is 44.2 Å². The third-order valence-electron chi connectivity index (χ3n) is 4.75. The van der Waals surface area contributed by atoms with Crippen molar-refractivity contribution in [1.82, 2.24) is 9.80 Å². The number of carbonyl (C=O) groups is 2. The SMILES string of the molecule is CC.CCOC(=O)CC1CN(Cc2ccccc2)CC(CC(=O)OCC)N1C. The van der Waals surface area contributed by atoms with Gasteiger partial charge < -0.3 is 9.47 Å². The van der Waals surface area contributed by atoms with E-state index in [1.165, 1.54) is 5.56 Å². The van der Waals surface area contributed by atoms with Gasteiger partial charge in [0.15, 0.2) is 0 Å². The molecule has 0 aromatic heterocycles. The molecule has 28 heavy (non-hydrogen) atoms. The molecule has 1 fully saturated rings. The highest BCUT2D eigenvalue weighted by molar-refractivity contribution is 5.71. The molecule has 0 N–H and O–H groups in total. The monoisotopic (exact) mass is 392 g/mol. The number of carbonyl (C=O) groups excluding carboxylic acids is 2. The topological polar surface area (TPSA) is 59.1 Å². The summed E-state index contributed by atoms with van der Waals surface area (Å²) in [4.78, 5) is 28.4. The second-order valence-electron chi connectivity index (χ2n) is 6.67. The average molecular weight is 393 g/mol. The fourth-order valence-corrected chi connectivity index (χ4v) is 3.44. The van der Waals surface area contributed by atoms with Crippen molar-refractivity contribution in [2.24, 2.45) is 0 Å². The molecule has 1 heterocycles. The Bertz CT molecular complexity index is 549. The Kier molecular flexibility index (Phi) is 11.4. The van der Waals surface area contributed by atoms with Crippen LogP contribution >= 0.6 is 0 Å². The number of likely N-dealkylation sites (N-methyl/N-ethyl adjacent to an activating group) is 1. The molecule has 1 saturated heterocycles. The van der Waals surface area contributed by atoms with Crippen LogP contribution in [0.15, 0.2) is 30.3 Å². The summed E-state index contributed by atoms with van der Waals surface area (Å²) in [6.07, 6.45) is 0.657. The average Bonchev–Trinajstić information content (AvgIpc) is 2.68. The maximum atomic E-state index is 12.0. The predicted octanol–water partition coefficient (Wildman–Crippen LogP) is 3.10. The first-order chi connectivity index (χ1) is 13.5. The summed E-state index contributed by atoms with van der Waals surface area (Å²) in [6.45, 7) is 10.7. The van der Waals surface area contributed by atoms with Gasteiger partial charge in [-0.15, -0.1) is 0 Å². The number of hydrogen-bond donors (Lipinski definition) is 0. The van der Waals surface area contributed by atoms with Crippen LogP contribution in [0.4, 0.5) is 0 Å². The normalized spacial score (nSPS) is 20.0. The maximum Gasteiger partial charge on any atom is 0.307 e. The molecule has 1 aliphatic heterocycles. The highest BCUT2D eigenvalue weighted by Crippen LogP contribution is 2.21. The van der Waals surface area contributed by atoms with E-state index in [0.717, 1.165) is 19.6 Å². The number of benzene rings is 1. The van der Waals surface area contributed by atoms with Crippen molar-refractivity contribution in [1.29, 1.82) is 0 Å². The summed E-state index contributed by atoms with van der Waals surface area (Å²) in [5, 5.41) is 0. The van der Waals surface area contributed by atoms with Crippen molar-refractivity contribution in [3.8, 4) is 0 Å². The van der Waals surface area contributed by atoms with Gasteiger partial charge in [-0.25, -0.2) is 0 Å². The quantitative estimate of drug-likeness (QED) is 0.634. The lowest BCUT2D eigenvalue weighted by atomic mass is 10.0. The second kappa shape index (κ2) is 13.3. The van der Waals surface area contributed by atoms with Gasteiger partial charge in [0.05, 0.1) is 26.1 Å². The van der Waals surface area contributed by atoms with Gasteiger partial charge in [0.1, 0.15) is 0 Å². The maximum absolute atomic E-state index is 12.0. The molecule has 2 rings (SSSR count). The van der Waals surface area contributed by atoms with Crippen LogP contribution in [0, 0.1) is 0 Å². The molecule has 2 unspecified atom stereocenters. The van der Waals surface area contributed by atoms with E-state index >= 15 is 0 Å². The minimum atomic E-state index is -0.194. The number of ether oxygens (including phenoxy) is 2. The van der Waals surface area contributed by atoms with E-state index in [-0.39, 0.29) is 24.0 Å². The van der Waals surface area contributed by atoms with E-state index in [0.29, 0.717) is 26.1 Å². The van der Waals surface area contributed by atoms with Gasteiger partial charge in [0, 0.05) is 31.7 Å². The first-order valence-electron chi connectivity index (χ1n) is 10.3. The third kappa shape index (κ3) is 7.98. The van der Waals surface area contributed by atoms with Crippen molar-refractivity contribution in [2.75, 3.05) is 33.4 Å². The molecule has 1 aromatic carbocycles. The Morgan fingerprint density at radius 3 is 1.82 bits per heavy atom. The third-order valence-corrected chi connectivity index (χ3v) is 4.75. The minimum Gasteiger partial charge on any atom is -0.466 e. The fraction of sp³-hybridized carbons (Fsp3) is 0.636.